The van der Waals surface area contributed by atoms with E-state index in [0.29, 0.717) is 5.22 Å². The summed E-state index contributed by atoms with van der Waals surface area (Å²) in [5, 5.41) is 11.4. The molecule has 0 spiro atoms. The molecule has 1 aliphatic rings. The molecule has 2 aromatic rings. The van der Waals surface area contributed by atoms with Crippen LogP contribution in [0.1, 0.15) is 5.56 Å². The van der Waals surface area contributed by atoms with Crippen LogP contribution in [0.4, 0.5) is 0 Å². The van der Waals surface area contributed by atoms with Gasteiger partial charge in [-0.3, -0.25) is 4.79 Å². The first-order valence-electron chi connectivity index (χ1n) is 3.79. The number of rotatable bonds is 0. The van der Waals surface area contributed by atoms with Crippen LogP contribution in [-0.4, -0.2) is 20.0 Å². The summed E-state index contributed by atoms with van der Waals surface area (Å²) in [6, 6.07) is 0. The van der Waals surface area contributed by atoms with E-state index in [4.69, 9.17) is 0 Å². The second-order valence-corrected chi connectivity index (χ2v) is 2.80. The fourth-order valence-corrected chi connectivity index (χ4v) is 1.44. The topological polar surface area (TPSA) is 60.2 Å². The van der Waals surface area contributed by atoms with Crippen molar-refractivity contribution in [2.24, 2.45) is 0 Å². The molecule has 0 fully saturated rings. The average Bonchev–Trinajstić information content (AvgIpc) is 2.71. The highest BCUT2D eigenvalue weighted by Gasteiger charge is 2.08. The van der Waals surface area contributed by atoms with Gasteiger partial charge in [-0.2, -0.15) is 4.52 Å². The van der Waals surface area contributed by atoms with E-state index in [1.807, 2.05) is 12.2 Å². The third-order valence-electron chi connectivity index (χ3n) is 2.05. The molecule has 0 bridgehead atoms. The predicted molar refractivity (Wildman–Crippen MR) is 45.8 cm³/mol. The van der Waals surface area contributed by atoms with Gasteiger partial charge in [0.15, 0.2) is 0 Å². The number of tetrazole rings is 1. The first-order valence-corrected chi connectivity index (χ1v) is 3.79. The Balaban J connectivity index is 2.70. The van der Waals surface area contributed by atoms with E-state index in [1.165, 1.54) is 4.52 Å². The van der Waals surface area contributed by atoms with Gasteiger partial charge in [0.25, 0.3) is 0 Å². The lowest BCUT2D eigenvalue weighted by molar-refractivity contribution is 0.821. The molecule has 0 aliphatic heterocycles. The number of hydrogen-bond acceptors (Lipinski definition) is 4. The SMILES string of the molecule is O=c1c2c(cn3nnnc13)C=CC=2. The maximum atomic E-state index is 11.6. The van der Waals surface area contributed by atoms with E-state index >= 15 is 0 Å². The average molecular weight is 172 g/mol. The highest BCUT2D eigenvalue weighted by Crippen LogP contribution is 1.99. The molecule has 0 aromatic carbocycles. The van der Waals surface area contributed by atoms with Gasteiger partial charge >= 0.3 is 0 Å². The Hall–Kier alpha value is -2.04. The quantitative estimate of drug-likeness (QED) is 0.512. The summed E-state index contributed by atoms with van der Waals surface area (Å²) in [7, 11) is 0. The van der Waals surface area contributed by atoms with Crippen LogP contribution < -0.4 is 10.6 Å². The molecule has 0 amide bonds. The summed E-state index contributed by atoms with van der Waals surface area (Å²) in [5.41, 5.74) is 1.02. The Morgan fingerprint density at radius 2 is 2.31 bits per heavy atom. The van der Waals surface area contributed by atoms with Gasteiger partial charge in [0.05, 0.1) is 0 Å². The van der Waals surface area contributed by atoms with Gasteiger partial charge in [0.2, 0.25) is 11.1 Å². The fraction of sp³-hybridized carbons (Fsp3) is 0. The van der Waals surface area contributed by atoms with Crippen molar-refractivity contribution in [3.05, 3.63) is 33.3 Å². The molecule has 3 rings (SSSR count). The molecule has 0 saturated carbocycles. The highest BCUT2D eigenvalue weighted by molar-refractivity contribution is 5.67. The van der Waals surface area contributed by atoms with Crippen molar-refractivity contribution in [3.63, 3.8) is 0 Å². The number of allylic oxidation sites excluding steroid dienone is 1. The summed E-state index contributed by atoms with van der Waals surface area (Å²) in [4.78, 5) is 11.6. The lowest BCUT2D eigenvalue weighted by Gasteiger charge is -1.91. The summed E-state index contributed by atoms with van der Waals surface area (Å²) in [5.74, 6) is 0. The first-order chi connectivity index (χ1) is 6.36. The van der Waals surface area contributed by atoms with Gasteiger partial charge in [-0.05, 0) is 10.4 Å². The molecule has 1 aliphatic carbocycles. The number of hydrogen-bond donors (Lipinski definition) is 0. The molecule has 5 nitrogen and oxygen atoms in total. The second kappa shape index (κ2) is 2.01. The van der Waals surface area contributed by atoms with Gasteiger partial charge in [-0.25, -0.2) is 0 Å². The van der Waals surface area contributed by atoms with E-state index in [9.17, 15) is 4.79 Å². The van der Waals surface area contributed by atoms with Crippen molar-refractivity contribution < 1.29 is 0 Å². The van der Waals surface area contributed by atoms with Gasteiger partial charge in [-0.1, -0.05) is 18.2 Å². The summed E-state index contributed by atoms with van der Waals surface area (Å²) >= 11 is 0. The monoisotopic (exact) mass is 172 g/mol. The lowest BCUT2D eigenvalue weighted by atomic mass is 10.2. The number of nitrogens with zero attached hydrogens (tertiary/aromatic N) is 4. The Kier molecular flexibility index (Phi) is 0.999. The van der Waals surface area contributed by atoms with Gasteiger partial charge in [0, 0.05) is 17.0 Å². The van der Waals surface area contributed by atoms with Crippen LogP contribution in [0.15, 0.2) is 17.1 Å². The second-order valence-electron chi connectivity index (χ2n) is 2.80. The van der Waals surface area contributed by atoms with Crippen LogP contribution in [0.2, 0.25) is 0 Å². The molecule has 0 N–H and O–H groups in total. The molecule has 0 atom stereocenters. The van der Waals surface area contributed by atoms with Gasteiger partial charge in [0.1, 0.15) is 0 Å². The molecule has 0 saturated heterocycles. The molecule has 2 heterocycles. The van der Waals surface area contributed by atoms with E-state index in [1.54, 1.807) is 12.3 Å². The van der Waals surface area contributed by atoms with Gasteiger partial charge < -0.3 is 0 Å². The fourth-order valence-electron chi connectivity index (χ4n) is 1.44. The maximum Gasteiger partial charge on any atom is 0.232 e. The molecule has 2 aromatic heterocycles. The Morgan fingerprint density at radius 3 is 3.23 bits per heavy atom. The number of fused-ring (bicyclic) bond motifs is 2. The minimum atomic E-state index is -0.118. The van der Waals surface area contributed by atoms with Crippen molar-refractivity contribution >= 4 is 17.8 Å². The molecular formula is C8H4N4O. The summed E-state index contributed by atoms with van der Waals surface area (Å²) < 4.78 is 1.39. The first kappa shape index (κ1) is 6.47. The van der Waals surface area contributed by atoms with Crippen LogP contribution >= 0.6 is 0 Å². The van der Waals surface area contributed by atoms with Crippen LogP contribution in [0.3, 0.4) is 0 Å². The Labute approximate surface area is 72.0 Å². The Morgan fingerprint density at radius 1 is 1.38 bits per heavy atom. The predicted octanol–water partition coefficient (Wildman–Crippen LogP) is -0.989. The van der Waals surface area contributed by atoms with Crippen molar-refractivity contribution in [2.45, 2.75) is 0 Å². The third-order valence-corrected chi connectivity index (χ3v) is 2.05. The standard InChI is InChI=1S/C8H4N4O/c13-7-6-3-1-2-5(6)4-12-8(7)9-10-11-12/h1-4H. The molecule has 0 unspecified atom stereocenters. The van der Waals surface area contributed by atoms with Crippen molar-refractivity contribution in [2.75, 3.05) is 0 Å². The zero-order valence-corrected chi connectivity index (χ0v) is 6.51. The molecule has 13 heavy (non-hydrogen) atoms. The summed E-state index contributed by atoms with van der Waals surface area (Å²) in [6.07, 6.45) is 7.20. The van der Waals surface area contributed by atoms with E-state index < -0.39 is 0 Å². The Bertz CT molecular complexity index is 625. The lowest BCUT2D eigenvalue weighted by Crippen LogP contribution is -2.27. The molecule has 0 radical (unpaired) electrons. The molecule has 62 valence electrons. The van der Waals surface area contributed by atoms with Crippen LogP contribution in [0.5, 0.6) is 0 Å². The molecule has 5 heteroatoms. The third kappa shape index (κ3) is 0.703. The van der Waals surface area contributed by atoms with Gasteiger partial charge in [-0.15, -0.1) is 5.10 Å². The smallest absolute Gasteiger partial charge is 0.232 e. The molecular weight excluding hydrogens is 168 g/mol. The summed E-state index contributed by atoms with van der Waals surface area (Å²) in [6.45, 7) is 0. The zero-order valence-electron chi connectivity index (χ0n) is 6.51. The van der Waals surface area contributed by atoms with Crippen molar-refractivity contribution in [1.82, 2.24) is 20.0 Å². The minimum absolute atomic E-state index is 0.118. The van der Waals surface area contributed by atoms with E-state index in [2.05, 4.69) is 15.5 Å². The largest absolute Gasteiger partial charge is 0.285 e. The van der Waals surface area contributed by atoms with Crippen LogP contribution in [-0.2, 0) is 0 Å². The number of aromatic nitrogens is 4. The number of pyridine rings is 1. The maximum absolute atomic E-state index is 11.6. The van der Waals surface area contributed by atoms with E-state index in [0.717, 1.165) is 5.56 Å². The van der Waals surface area contributed by atoms with Crippen LogP contribution in [0.25, 0.3) is 17.8 Å². The van der Waals surface area contributed by atoms with Crippen LogP contribution in [0, 0.1) is 0 Å². The normalized spacial score (nSPS) is 13.2. The van der Waals surface area contributed by atoms with Crippen molar-refractivity contribution in [1.29, 1.82) is 0 Å². The highest BCUT2D eigenvalue weighted by atomic mass is 16.1. The van der Waals surface area contributed by atoms with Crippen molar-refractivity contribution in [3.8, 4) is 0 Å². The van der Waals surface area contributed by atoms with E-state index in [-0.39, 0.29) is 11.1 Å². The zero-order chi connectivity index (χ0) is 8.84. The minimum Gasteiger partial charge on any atom is -0.285 e.